The molecule has 0 aliphatic carbocycles. The molecule has 3 atom stereocenters. The first-order valence-corrected chi connectivity index (χ1v) is 24.6. The third kappa shape index (κ3) is 39.2. The molecule has 3 N–H and O–H groups in total. The minimum absolute atomic E-state index is 0.0768. The maximum Gasteiger partial charge on any atom is 0.306 e. The minimum atomic E-state index is -0.784. The van der Waals surface area contributed by atoms with Gasteiger partial charge in [-0.25, -0.2) is 0 Å². The van der Waals surface area contributed by atoms with Crippen molar-refractivity contribution in [3.05, 3.63) is 24.3 Å². The fourth-order valence-electron chi connectivity index (χ4n) is 7.52. The van der Waals surface area contributed by atoms with Crippen molar-refractivity contribution in [3.63, 3.8) is 0 Å². The molecule has 0 heterocycles. The second-order valence-corrected chi connectivity index (χ2v) is 16.9. The largest absolute Gasteiger partial charge is 0.462 e. The first-order valence-electron chi connectivity index (χ1n) is 24.6. The standard InChI is InChI=1S/C50H95NO5/c1-4-7-10-13-16-19-22-23-24-25-26-27-28-29-32-35-38-41-46(56-50(55)43-40-37-34-31-21-18-15-12-9-6-3)44-49(54)51-47(45-52)48(53)42-39-36-33-30-20-17-14-11-8-5-2/h16,19,23-24,46-48,52-53H,4-15,17-18,20-22,25-45H2,1-3H3,(H,51,54)/b19-16-,24-23-. The molecule has 56 heavy (non-hydrogen) atoms. The van der Waals surface area contributed by atoms with E-state index in [0.29, 0.717) is 19.3 Å². The number of hydrogen-bond donors (Lipinski definition) is 3. The van der Waals surface area contributed by atoms with Gasteiger partial charge in [0.15, 0.2) is 0 Å². The molecule has 0 aliphatic heterocycles. The van der Waals surface area contributed by atoms with Crippen molar-refractivity contribution in [1.82, 2.24) is 5.32 Å². The van der Waals surface area contributed by atoms with E-state index in [9.17, 15) is 19.8 Å². The van der Waals surface area contributed by atoms with Crippen LogP contribution < -0.4 is 5.32 Å². The number of aliphatic hydroxyl groups is 2. The number of ether oxygens (including phenoxy) is 1. The average molecular weight is 790 g/mol. The zero-order chi connectivity index (χ0) is 41.0. The molecule has 0 rings (SSSR count). The lowest BCUT2D eigenvalue weighted by Gasteiger charge is -2.24. The highest BCUT2D eigenvalue weighted by Gasteiger charge is 2.24. The van der Waals surface area contributed by atoms with Gasteiger partial charge in [-0.15, -0.1) is 0 Å². The van der Waals surface area contributed by atoms with Crippen LogP contribution in [0.15, 0.2) is 24.3 Å². The number of carbonyl (C=O) groups is 2. The van der Waals surface area contributed by atoms with E-state index in [2.05, 4.69) is 50.4 Å². The van der Waals surface area contributed by atoms with Crippen LogP contribution in [0.1, 0.15) is 258 Å². The third-order valence-electron chi connectivity index (χ3n) is 11.3. The number of hydrogen-bond acceptors (Lipinski definition) is 5. The zero-order valence-corrected chi connectivity index (χ0v) is 37.5. The molecule has 0 saturated carbocycles. The maximum atomic E-state index is 13.1. The minimum Gasteiger partial charge on any atom is -0.462 e. The van der Waals surface area contributed by atoms with Gasteiger partial charge in [0.1, 0.15) is 6.10 Å². The molecule has 0 aliphatic rings. The zero-order valence-electron chi connectivity index (χ0n) is 37.5. The number of rotatable bonds is 44. The van der Waals surface area contributed by atoms with Crippen LogP contribution in [0.25, 0.3) is 0 Å². The van der Waals surface area contributed by atoms with E-state index in [1.165, 1.54) is 141 Å². The topological polar surface area (TPSA) is 95.9 Å². The molecule has 1 amide bonds. The van der Waals surface area contributed by atoms with E-state index in [-0.39, 0.29) is 24.9 Å². The van der Waals surface area contributed by atoms with Gasteiger partial charge in [0.25, 0.3) is 0 Å². The van der Waals surface area contributed by atoms with Crippen LogP contribution in [-0.2, 0) is 14.3 Å². The van der Waals surface area contributed by atoms with Gasteiger partial charge < -0.3 is 20.3 Å². The fraction of sp³-hybridized carbons (Fsp3) is 0.880. The molecule has 330 valence electrons. The summed E-state index contributed by atoms with van der Waals surface area (Å²) in [7, 11) is 0. The van der Waals surface area contributed by atoms with Crippen LogP contribution in [0.4, 0.5) is 0 Å². The fourth-order valence-corrected chi connectivity index (χ4v) is 7.52. The maximum absolute atomic E-state index is 13.1. The summed E-state index contributed by atoms with van der Waals surface area (Å²) < 4.78 is 5.91. The second-order valence-electron chi connectivity index (χ2n) is 16.9. The smallest absolute Gasteiger partial charge is 0.306 e. The SMILES string of the molecule is CCCCC/C=C\C/C=C\CCCCCCCCCC(CC(=O)NC(CO)C(O)CCCCCCCCCCCC)OC(=O)CCCCCCCCCCCC. The highest BCUT2D eigenvalue weighted by molar-refractivity contribution is 5.77. The Hall–Kier alpha value is -1.66. The molecule has 0 bridgehead atoms. The second kappa shape index (κ2) is 44.4. The van der Waals surface area contributed by atoms with E-state index < -0.39 is 18.2 Å². The summed E-state index contributed by atoms with van der Waals surface area (Å²) in [6, 6.07) is -0.697. The lowest BCUT2D eigenvalue weighted by atomic mass is 10.0. The number of nitrogens with one attached hydrogen (secondary N) is 1. The Kier molecular flexibility index (Phi) is 43.1. The molecular formula is C50H95NO5. The monoisotopic (exact) mass is 790 g/mol. The molecule has 0 saturated heterocycles. The molecule has 0 fully saturated rings. The van der Waals surface area contributed by atoms with Gasteiger partial charge in [-0.3, -0.25) is 9.59 Å². The number of amides is 1. The number of aliphatic hydroxyl groups excluding tert-OH is 2. The highest BCUT2D eigenvalue weighted by Crippen LogP contribution is 2.18. The van der Waals surface area contributed by atoms with Gasteiger partial charge in [0.05, 0.1) is 25.2 Å². The van der Waals surface area contributed by atoms with Gasteiger partial charge in [-0.2, -0.15) is 0 Å². The first-order chi connectivity index (χ1) is 27.5. The van der Waals surface area contributed by atoms with Crippen LogP contribution >= 0.6 is 0 Å². The molecule has 6 nitrogen and oxygen atoms in total. The number of allylic oxidation sites excluding steroid dienone is 4. The molecule has 0 radical (unpaired) electrons. The van der Waals surface area contributed by atoms with E-state index in [0.717, 1.165) is 70.6 Å². The highest BCUT2D eigenvalue weighted by atomic mass is 16.5. The normalized spacial score (nSPS) is 13.4. The van der Waals surface area contributed by atoms with Crippen LogP contribution in [0.5, 0.6) is 0 Å². The van der Waals surface area contributed by atoms with E-state index in [4.69, 9.17) is 4.74 Å². The Balaban J connectivity index is 4.56. The van der Waals surface area contributed by atoms with Gasteiger partial charge in [-0.1, -0.05) is 212 Å². The van der Waals surface area contributed by atoms with Crippen molar-refractivity contribution in [2.75, 3.05) is 6.61 Å². The Labute approximate surface area is 348 Å². The Morgan fingerprint density at radius 1 is 0.518 bits per heavy atom. The van der Waals surface area contributed by atoms with Crippen LogP contribution in [0, 0.1) is 0 Å². The van der Waals surface area contributed by atoms with Crippen molar-refractivity contribution in [2.24, 2.45) is 0 Å². The quantitative estimate of drug-likeness (QED) is 0.0324. The molecular weight excluding hydrogens is 695 g/mol. The summed E-state index contributed by atoms with van der Waals surface area (Å²) in [6.45, 7) is 6.44. The molecule has 0 aromatic heterocycles. The van der Waals surface area contributed by atoms with Crippen molar-refractivity contribution < 1.29 is 24.5 Å². The molecule has 0 aromatic carbocycles. The van der Waals surface area contributed by atoms with Crippen LogP contribution in [0.2, 0.25) is 0 Å². The summed E-state index contributed by atoms with van der Waals surface area (Å²) in [5, 5.41) is 23.7. The van der Waals surface area contributed by atoms with Crippen molar-refractivity contribution in [3.8, 4) is 0 Å². The van der Waals surface area contributed by atoms with Gasteiger partial charge >= 0.3 is 5.97 Å². The summed E-state index contributed by atoms with van der Waals surface area (Å²) >= 11 is 0. The van der Waals surface area contributed by atoms with E-state index in [1.54, 1.807) is 0 Å². The summed E-state index contributed by atoms with van der Waals surface area (Å²) in [6.07, 6.45) is 49.5. The average Bonchev–Trinajstić information content (AvgIpc) is 3.19. The molecule has 0 aromatic rings. The van der Waals surface area contributed by atoms with Crippen molar-refractivity contribution in [2.45, 2.75) is 277 Å². The van der Waals surface area contributed by atoms with Crippen LogP contribution in [0.3, 0.4) is 0 Å². The van der Waals surface area contributed by atoms with Gasteiger partial charge in [0, 0.05) is 6.42 Å². The van der Waals surface area contributed by atoms with E-state index in [1.807, 2.05) is 0 Å². The summed E-state index contributed by atoms with van der Waals surface area (Å²) in [4.78, 5) is 26.0. The third-order valence-corrected chi connectivity index (χ3v) is 11.3. The molecule has 6 heteroatoms. The number of esters is 1. The van der Waals surface area contributed by atoms with E-state index >= 15 is 0 Å². The Bertz CT molecular complexity index is 889. The lowest BCUT2D eigenvalue weighted by molar-refractivity contribution is -0.151. The summed E-state index contributed by atoms with van der Waals surface area (Å²) in [5.74, 6) is -0.473. The Morgan fingerprint density at radius 2 is 0.911 bits per heavy atom. The predicted octanol–water partition coefficient (Wildman–Crippen LogP) is 14.3. The van der Waals surface area contributed by atoms with Crippen LogP contribution in [-0.4, -0.2) is 46.9 Å². The van der Waals surface area contributed by atoms with Gasteiger partial charge in [-0.05, 0) is 57.8 Å². The number of unbranched alkanes of at least 4 members (excludes halogenated alkanes) is 28. The van der Waals surface area contributed by atoms with Gasteiger partial charge in [0.2, 0.25) is 5.91 Å². The lowest BCUT2D eigenvalue weighted by Crippen LogP contribution is -2.46. The van der Waals surface area contributed by atoms with Crippen molar-refractivity contribution in [1.29, 1.82) is 0 Å². The Morgan fingerprint density at radius 3 is 1.39 bits per heavy atom. The predicted molar refractivity (Wildman–Crippen MR) is 241 cm³/mol. The molecule has 0 spiro atoms. The molecule has 3 unspecified atom stereocenters. The van der Waals surface area contributed by atoms with Crippen molar-refractivity contribution >= 4 is 11.9 Å². The summed E-state index contributed by atoms with van der Waals surface area (Å²) in [5.41, 5.74) is 0. The first kappa shape index (κ1) is 54.3. The number of carbonyl (C=O) groups excluding carboxylic acids is 2.